The van der Waals surface area contributed by atoms with Crippen LogP contribution in [-0.4, -0.2) is 0 Å². The summed E-state index contributed by atoms with van der Waals surface area (Å²) in [6, 6.07) is 19.2. The molecule has 18 heavy (non-hydrogen) atoms. The van der Waals surface area contributed by atoms with Crippen LogP contribution in [0.3, 0.4) is 0 Å². The molecule has 2 aromatic rings. The van der Waals surface area contributed by atoms with Crippen molar-refractivity contribution < 1.29 is 0 Å². The number of hydrogen-bond acceptors (Lipinski definition) is 0. The average Bonchev–Trinajstić information content (AvgIpc) is 2.41. The van der Waals surface area contributed by atoms with Gasteiger partial charge in [-0.15, -0.1) is 0 Å². The maximum atomic E-state index is 2.22. The van der Waals surface area contributed by atoms with Gasteiger partial charge in [-0.25, -0.2) is 0 Å². The van der Waals surface area contributed by atoms with Crippen molar-refractivity contribution in [3.63, 3.8) is 0 Å². The third-order valence-electron chi connectivity index (χ3n) is 2.87. The lowest BCUT2D eigenvalue weighted by Gasteiger charge is -1.95. The second-order valence-corrected chi connectivity index (χ2v) is 4.58. The number of hydrogen-bond donors (Lipinski definition) is 0. The first kappa shape index (κ1) is 14.5. The molecule has 0 unspecified atom stereocenters. The van der Waals surface area contributed by atoms with Gasteiger partial charge in [-0.2, -0.15) is 0 Å². The molecule has 2 aromatic carbocycles. The van der Waals surface area contributed by atoms with E-state index in [1.54, 1.807) is 0 Å². The average molecular weight is 240 g/mol. The molecule has 0 atom stereocenters. The molecule has 0 aliphatic carbocycles. The molecule has 0 saturated carbocycles. The Labute approximate surface area is 112 Å². The molecular formula is C18H24. The predicted octanol–water partition coefficient (Wildman–Crippen LogP) is 5.20. The second-order valence-electron chi connectivity index (χ2n) is 4.58. The van der Waals surface area contributed by atoms with Crippen LogP contribution in [0, 0.1) is 6.92 Å². The summed E-state index contributed by atoms with van der Waals surface area (Å²) in [5, 5.41) is 0. The van der Waals surface area contributed by atoms with Crippen LogP contribution in [0.15, 0.2) is 54.6 Å². The first-order chi connectivity index (χ1) is 8.76. The summed E-state index contributed by atoms with van der Waals surface area (Å²) < 4.78 is 0. The van der Waals surface area contributed by atoms with Crippen LogP contribution >= 0.6 is 0 Å². The number of aryl methyl sites for hydroxylation is 3. The molecule has 0 bridgehead atoms. The summed E-state index contributed by atoms with van der Waals surface area (Å²) in [4.78, 5) is 0. The Morgan fingerprint density at radius 2 is 1.44 bits per heavy atom. The molecule has 0 heteroatoms. The predicted molar refractivity (Wildman–Crippen MR) is 81.0 cm³/mol. The van der Waals surface area contributed by atoms with E-state index in [2.05, 4.69) is 75.4 Å². The molecule has 0 saturated heterocycles. The van der Waals surface area contributed by atoms with Gasteiger partial charge in [0.05, 0.1) is 0 Å². The van der Waals surface area contributed by atoms with Gasteiger partial charge < -0.3 is 0 Å². The summed E-state index contributed by atoms with van der Waals surface area (Å²) in [7, 11) is 0. The Kier molecular flexibility index (Phi) is 6.86. The minimum Gasteiger partial charge on any atom is -0.0651 e. The van der Waals surface area contributed by atoms with E-state index < -0.39 is 0 Å². The van der Waals surface area contributed by atoms with Crippen molar-refractivity contribution in [3.05, 3.63) is 71.3 Å². The molecule has 0 amide bonds. The highest BCUT2D eigenvalue weighted by atomic mass is 13.9. The Morgan fingerprint density at radius 1 is 0.778 bits per heavy atom. The highest BCUT2D eigenvalue weighted by Crippen LogP contribution is 2.03. The largest absolute Gasteiger partial charge is 0.0651 e. The molecule has 0 fully saturated rings. The van der Waals surface area contributed by atoms with E-state index in [0.717, 1.165) is 6.42 Å². The molecule has 0 spiro atoms. The SMILES string of the molecule is CCCc1ccccc1.CCc1cccc(C)c1. The van der Waals surface area contributed by atoms with Crippen LogP contribution in [0.1, 0.15) is 37.0 Å². The van der Waals surface area contributed by atoms with Crippen molar-refractivity contribution in [2.45, 2.75) is 40.0 Å². The molecule has 0 aromatic heterocycles. The zero-order valence-electron chi connectivity index (χ0n) is 11.8. The van der Waals surface area contributed by atoms with E-state index >= 15 is 0 Å². The van der Waals surface area contributed by atoms with Crippen molar-refractivity contribution in [1.82, 2.24) is 0 Å². The lowest BCUT2D eigenvalue weighted by atomic mass is 10.1. The Bertz CT molecular complexity index is 429. The first-order valence-electron chi connectivity index (χ1n) is 6.85. The zero-order chi connectivity index (χ0) is 13.2. The fraction of sp³-hybridized carbons (Fsp3) is 0.333. The summed E-state index contributed by atoms with van der Waals surface area (Å²) >= 11 is 0. The number of rotatable bonds is 3. The Balaban J connectivity index is 0.000000180. The topological polar surface area (TPSA) is 0 Å². The third-order valence-corrected chi connectivity index (χ3v) is 2.87. The highest BCUT2D eigenvalue weighted by molar-refractivity contribution is 5.21. The van der Waals surface area contributed by atoms with Gasteiger partial charge in [0.15, 0.2) is 0 Å². The van der Waals surface area contributed by atoms with Gasteiger partial charge >= 0.3 is 0 Å². The van der Waals surface area contributed by atoms with E-state index in [9.17, 15) is 0 Å². The monoisotopic (exact) mass is 240 g/mol. The van der Waals surface area contributed by atoms with Gasteiger partial charge in [0.2, 0.25) is 0 Å². The van der Waals surface area contributed by atoms with Gasteiger partial charge in [-0.05, 0) is 30.9 Å². The van der Waals surface area contributed by atoms with E-state index in [1.165, 1.54) is 29.5 Å². The second kappa shape index (κ2) is 8.52. The van der Waals surface area contributed by atoms with Crippen LogP contribution in [0.5, 0.6) is 0 Å². The van der Waals surface area contributed by atoms with Crippen molar-refractivity contribution in [3.8, 4) is 0 Å². The lowest BCUT2D eigenvalue weighted by Crippen LogP contribution is -1.78. The van der Waals surface area contributed by atoms with E-state index in [-0.39, 0.29) is 0 Å². The molecule has 0 nitrogen and oxygen atoms in total. The van der Waals surface area contributed by atoms with Crippen molar-refractivity contribution >= 4 is 0 Å². The number of benzene rings is 2. The van der Waals surface area contributed by atoms with Crippen molar-refractivity contribution in [1.29, 1.82) is 0 Å². The smallest absolute Gasteiger partial charge is 0.0281 e. The van der Waals surface area contributed by atoms with Crippen molar-refractivity contribution in [2.75, 3.05) is 0 Å². The Hall–Kier alpha value is -1.56. The van der Waals surface area contributed by atoms with Gasteiger partial charge in [-0.3, -0.25) is 0 Å². The molecule has 2 rings (SSSR count). The van der Waals surface area contributed by atoms with Crippen LogP contribution < -0.4 is 0 Å². The van der Waals surface area contributed by atoms with Gasteiger partial charge in [-0.1, -0.05) is 80.4 Å². The zero-order valence-corrected chi connectivity index (χ0v) is 11.8. The van der Waals surface area contributed by atoms with E-state index in [1.807, 2.05) is 0 Å². The minimum absolute atomic E-state index is 1.14. The molecule has 0 heterocycles. The van der Waals surface area contributed by atoms with Gasteiger partial charge in [0.1, 0.15) is 0 Å². The molecular weight excluding hydrogens is 216 g/mol. The van der Waals surface area contributed by atoms with E-state index in [4.69, 9.17) is 0 Å². The van der Waals surface area contributed by atoms with Gasteiger partial charge in [0, 0.05) is 0 Å². The standard InChI is InChI=1S/2C9H12/c1-3-9-6-4-5-8(2)7-9;1-2-6-9-7-4-3-5-8-9/h4-7H,3H2,1-2H3;3-5,7-8H,2,6H2,1H3. The molecule has 0 aliphatic rings. The maximum absolute atomic E-state index is 2.22. The van der Waals surface area contributed by atoms with Crippen LogP contribution in [0.2, 0.25) is 0 Å². The fourth-order valence-corrected chi connectivity index (χ4v) is 1.87. The van der Waals surface area contributed by atoms with Crippen LogP contribution in [0.25, 0.3) is 0 Å². The van der Waals surface area contributed by atoms with Crippen LogP contribution in [-0.2, 0) is 12.8 Å². The highest BCUT2D eigenvalue weighted by Gasteiger charge is 1.86. The molecule has 0 N–H and O–H groups in total. The normalized spacial score (nSPS) is 9.50. The summed E-state index contributed by atoms with van der Waals surface area (Å²) in [5.74, 6) is 0. The molecule has 0 aliphatic heterocycles. The quantitative estimate of drug-likeness (QED) is 0.692. The molecule has 0 radical (unpaired) electrons. The van der Waals surface area contributed by atoms with Gasteiger partial charge in [0.25, 0.3) is 0 Å². The summed E-state index contributed by atoms with van der Waals surface area (Å²) in [6.45, 7) is 6.50. The summed E-state index contributed by atoms with van der Waals surface area (Å²) in [5.41, 5.74) is 4.23. The first-order valence-corrected chi connectivity index (χ1v) is 6.85. The maximum Gasteiger partial charge on any atom is -0.0281 e. The lowest BCUT2D eigenvalue weighted by molar-refractivity contribution is 0.922. The minimum atomic E-state index is 1.14. The van der Waals surface area contributed by atoms with Crippen LogP contribution in [0.4, 0.5) is 0 Å². The van der Waals surface area contributed by atoms with E-state index in [0.29, 0.717) is 0 Å². The fourth-order valence-electron chi connectivity index (χ4n) is 1.87. The Morgan fingerprint density at radius 3 is 1.94 bits per heavy atom. The third kappa shape index (κ3) is 5.67. The summed E-state index contributed by atoms with van der Waals surface area (Å²) in [6.07, 6.45) is 3.59. The molecule has 96 valence electrons. The van der Waals surface area contributed by atoms with Crippen molar-refractivity contribution in [2.24, 2.45) is 0 Å².